The molecule has 0 spiro atoms. The van der Waals surface area contributed by atoms with E-state index < -0.39 is 15.3 Å². The van der Waals surface area contributed by atoms with Crippen LogP contribution in [-0.4, -0.2) is 53.5 Å². The van der Waals surface area contributed by atoms with E-state index in [1.54, 1.807) is 9.21 Å². The van der Waals surface area contributed by atoms with Crippen molar-refractivity contribution >= 4 is 15.9 Å². The summed E-state index contributed by atoms with van der Waals surface area (Å²) in [4.78, 5) is 13.7. The van der Waals surface area contributed by atoms with E-state index in [-0.39, 0.29) is 17.9 Å². The van der Waals surface area contributed by atoms with Crippen LogP contribution < -0.4 is 0 Å². The maximum Gasteiger partial charge on any atom is 0.224 e. The van der Waals surface area contributed by atoms with E-state index in [0.717, 1.165) is 25.7 Å². The van der Waals surface area contributed by atoms with Gasteiger partial charge in [-0.15, -0.1) is 0 Å². The van der Waals surface area contributed by atoms with Crippen LogP contribution in [0.4, 0.5) is 0 Å². The fourth-order valence-electron chi connectivity index (χ4n) is 3.37. The lowest BCUT2D eigenvalue weighted by Gasteiger charge is -2.32. The van der Waals surface area contributed by atoms with Crippen molar-refractivity contribution in [1.82, 2.24) is 9.21 Å². The second kappa shape index (κ2) is 4.19. The molecule has 3 fully saturated rings. The van der Waals surface area contributed by atoms with Gasteiger partial charge < -0.3 is 4.90 Å². The van der Waals surface area contributed by atoms with Crippen molar-refractivity contribution in [2.45, 2.75) is 62.8 Å². The molecule has 1 aliphatic carbocycles. The number of carbonyl (C=O) groups excluding carboxylic acids is 1. The fraction of sp³-hybridized carbons (Fsp3) is 0.923. The predicted octanol–water partition coefficient (Wildman–Crippen LogP) is 0.954. The lowest BCUT2D eigenvalue weighted by Crippen LogP contribution is -2.47. The third-order valence-electron chi connectivity index (χ3n) is 4.66. The van der Waals surface area contributed by atoms with Gasteiger partial charge in [-0.1, -0.05) is 0 Å². The molecular weight excluding hydrogens is 264 g/mol. The Kier molecular flexibility index (Phi) is 2.94. The molecule has 0 bridgehead atoms. The van der Waals surface area contributed by atoms with Crippen molar-refractivity contribution in [3.05, 3.63) is 0 Å². The largest absolute Gasteiger partial charge is 0.338 e. The Hall–Kier alpha value is -0.620. The van der Waals surface area contributed by atoms with Gasteiger partial charge in [-0.2, -0.15) is 4.31 Å². The Bertz CT molecular complexity index is 496. The van der Waals surface area contributed by atoms with E-state index >= 15 is 0 Å². The first-order valence-corrected chi connectivity index (χ1v) is 8.64. The summed E-state index contributed by atoms with van der Waals surface area (Å²) in [5, 5.41) is -0.530. The van der Waals surface area contributed by atoms with Gasteiger partial charge in [-0.25, -0.2) is 8.42 Å². The fourth-order valence-corrected chi connectivity index (χ4v) is 5.60. The number of nitrogens with zero attached hydrogens (tertiary/aromatic N) is 2. The second-order valence-electron chi connectivity index (χ2n) is 6.64. The van der Waals surface area contributed by atoms with Gasteiger partial charge in [-0.3, -0.25) is 4.79 Å². The van der Waals surface area contributed by atoms with E-state index in [9.17, 15) is 13.2 Å². The van der Waals surface area contributed by atoms with Crippen LogP contribution >= 0.6 is 0 Å². The maximum absolute atomic E-state index is 12.7. The van der Waals surface area contributed by atoms with Gasteiger partial charge in [0.2, 0.25) is 15.9 Å². The quantitative estimate of drug-likeness (QED) is 0.776. The number of carbonyl (C=O) groups is 1. The predicted molar refractivity (Wildman–Crippen MR) is 72.1 cm³/mol. The lowest BCUT2D eigenvalue weighted by molar-refractivity contribution is -0.128. The van der Waals surface area contributed by atoms with Crippen LogP contribution in [0.25, 0.3) is 0 Å². The summed E-state index contributed by atoms with van der Waals surface area (Å²) in [6.07, 6.45) is 4.06. The van der Waals surface area contributed by atoms with Crippen LogP contribution in [0.5, 0.6) is 0 Å². The minimum Gasteiger partial charge on any atom is -0.338 e. The Balaban J connectivity index is 1.80. The molecule has 0 aromatic carbocycles. The van der Waals surface area contributed by atoms with Crippen LogP contribution in [0.1, 0.15) is 46.0 Å². The summed E-state index contributed by atoms with van der Waals surface area (Å²) in [6, 6.07) is 0.319. The molecule has 0 radical (unpaired) electrons. The Labute approximate surface area is 115 Å². The third kappa shape index (κ3) is 2.18. The summed E-state index contributed by atoms with van der Waals surface area (Å²) in [6.45, 7) is 4.96. The standard InChI is InChI=1S/C13H22N2O3S/c1-13(2)6-3-7-15(13)19(17,18)11-8-12(16)14(9-11)10-4-5-10/h10-11H,3-9H2,1-2H3. The number of hydrogen-bond donors (Lipinski definition) is 0. The highest BCUT2D eigenvalue weighted by molar-refractivity contribution is 7.89. The molecule has 0 aromatic heterocycles. The Morgan fingerprint density at radius 1 is 1.26 bits per heavy atom. The van der Waals surface area contributed by atoms with Crippen molar-refractivity contribution in [2.24, 2.45) is 0 Å². The molecule has 6 heteroatoms. The van der Waals surface area contributed by atoms with Crippen LogP contribution in [-0.2, 0) is 14.8 Å². The zero-order chi connectivity index (χ0) is 13.8. The van der Waals surface area contributed by atoms with Gasteiger partial charge in [0.15, 0.2) is 0 Å². The smallest absolute Gasteiger partial charge is 0.224 e. The average Bonchev–Trinajstić information content (AvgIpc) is 2.97. The van der Waals surface area contributed by atoms with Crippen LogP contribution in [0.2, 0.25) is 0 Å². The van der Waals surface area contributed by atoms with Crippen LogP contribution in [0.3, 0.4) is 0 Å². The highest BCUT2D eigenvalue weighted by Crippen LogP contribution is 2.37. The summed E-state index contributed by atoms with van der Waals surface area (Å²) in [5.41, 5.74) is -0.297. The van der Waals surface area contributed by atoms with E-state index in [1.807, 2.05) is 13.8 Å². The molecule has 1 unspecified atom stereocenters. The van der Waals surface area contributed by atoms with E-state index in [1.165, 1.54) is 0 Å². The van der Waals surface area contributed by atoms with Gasteiger partial charge >= 0.3 is 0 Å². The number of rotatable bonds is 3. The molecule has 2 heterocycles. The van der Waals surface area contributed by atoms with E-state index in [2.05, 4.69) is 0 Å². The first kappa shape index (κ1) is 13.4. The Morgan fingerprint density at radius 3 is 2.47 bits per heavy atom. The zero-order valence-electron chi connectivity index (χ0n) is 11.6. The Morgan fingerprint density at radius 2 is 1.95 bits per heavy atom. The first-order valence-electron chi connectivity index (χ1n) is 7.13. The minimum absolute atomic E-state index is 0.0214. The zero-order valence-corrected chi connectivity index (χ0v) is 12.4. The van der Waals surface area contributed by atoms with E-state index in [4.69, 9.17) is 0 Å². The number of sulfonamides is 1. The molecule has 0 N–H and O–H groups in total. The van der Waals surface area contributed by atoms with Gasteiger partial charge in [0.1, 0.15) is 5.25 Å². The molecule has 2 saturated heterocycles. The molecule has 1 atom stereocenters. The minimum atomic E-state index is -3.35. The van der Waals surface area contributed by atoms with Crippen LogP contribution in [0.15, 0.2) is 0 Å². The van der Waals surface area contributed by atoms with Crippen LogP contribution in [0, 0.1) is 0 Å². The molecule has 19 heavy (non-hydrogen) atoms. The average molecular weight is 286 g/mol. The molecule has 3 rings (SSSR count). The lowest BCUT2D eigenvalue weighted by atomic mass is 10.0. The molecular formula is C13H22N2O3S. The second-order valence-corrected chi connectivity index (χ2v) is 8.77. The number of hydrogen-bond acceptors (Lipinski definition) is 3. The van der Waals surface area contributed by atoms with Gasteiger partial charge in [-0.05, 0) is 39.5 Å². The normalized spacial score (nSPS) is 32.2. The summed E-state index contributed by atoms with van der Waals surface area (Å²) in [7, 11) is -3.35. The highest BCUT2D eigenvalue weighted by Gasteiger charge is 2.49. The van der Waals surface area contributed by atoms with E-state index in [0.29, 0.717) is 19.1 Å². The monoisotopic (exact) mass is 286 g/mol. The van der Waals surface area contributed by atoms with Crippen molar-refractivity contribution in [3.8, 4) is 0 Å². The summed E-state index contributed by atoms with van der Waals surface area (Å²) >= 11 is 0. The molecule has 3 aliphatic rings. The topological polar surface area (TPSA) is 57.7 Å². The molecule has 5 nitrogen and oxygen atoms in total. The molecule has 2 aliphatic heterocycles. The summed E-state index contributed by atoms with van der Waals surface area (Å²) < 4.78 is 27.1. The van der Waals surface area contributed by atoms with Gasteiger partial charge in [0.25, 0.3) is 0 Å². The molecule has 1 amide bonds. The molecule has 0 aromatic rings. The number of amides is 1. The first-order chi connectivity index (χ1) is 8.82. The maximum atomic E-state index is 12.7. The third-order valence-corrected chi connectivity index (χ3v) is 7.11. The van der Waals surface area contributed by atoms with Crippen molar-refractivity contribution < 1.29 is 13.2 Å². The van der Waals surface area contributed by atoms with Gasteiger partial charge in [0.05, 0.1) is 0 Å². The number of likely N-dealkylation sites (tertiary alicyclic amines) is 1. The van der Waals surface area contributed by atoms with Crippen molar-refractivity contribution in [1.29, 1.82) is 0 Å². The van der Waals surface area contributed by atoms with Crippen molar-refractivity contribution in [3.63, 3.8) is 0 Å². The molecule has 108 valence electrons. The van der Waals surface area contributed by atoms with Gasteiger partial charge in [0, 0.05) is 31.1 Å². The summed E-state index contributed by atoms with van der Waals surface area (Å²) in [5.74, 6) is 0.0214. The SMILES string of the molecule is CC1(C)CCCN1S(=O)(=O)C1CC(=O)N(C2CC2)C1. The molecule has 1 saturated carbocycles. The van der Waals surface area contributed by atoms with Crippen molar-refractivity contribution in [2.75, 3.05) is 13.1 Å². The highest BCUT2D eigenvalue weighted by atomic mass is 32.2.